The van der Waals surface area contributed by atoms with Gasteiger partial charge in [0.05, 0.1) is 0 Å². The molecule has 2 saturated heterocycles. The Morgan fingerprint density at radius 3 is 3.05 bits per heavy atom. The molecule has 21 heavy (non-hydrogen) atoms. The number of anilines is 1. The van der Waals surface area contributed by atoms with Crippen LogP contribution in [0.5, 0.6) is 0 Å². The summed E-state index contributed by atoms with van der Waals surface area (Å²) in [7, 11) is 0. The molecule has 0 radical (unpaired) electrons. The Morgan fingerprint density at radius 2 is 2.24 bits per heavy atom. The van der Waals surface area contributed by atoms with Crippen molar-refractivity contribution >= 4 is 11.7 Å². The summed E-state index contributed by atoms with van der Waals surface area (Å²) in [5.41, 5.74) is 1.57. The standard InChI is InChI=1S/C16H24N4O/c1-3-17-15-10-12(9-11(2)18-15)16(21)19-13-6-8-20-7-4-5-14(13)20/h9-10,13-14H,3-8H2,1-2H3,(H,17,18)(H,19,21). The highest BCUT2D eigenvalue weighted by Crippen LogP contribution is 2.28. The lowest BCUT2D eigenvalue weighted by molar-refractivity contribution is 0.0929. The van der Waals surface area contributed by atoms with Gasteiger partial charge in [-0.15, -0.1) is 0 Å². The molecule has 2 N–H and O–H groups in total. The molecule has 2 atom stereocenters. The number of aryl methyl sites for hydroxylation is 1. The Bertz CT molecular complexity index is 531. The zero-order valence-corrected chi connectivity index (χ0v) is 12.9. The Kier molecular flexibility index (Phi) is 4.10. The highest BCUT2D eigenvalue weighted by molar-refractivity contribution is 5.95. The largest absolute Gasteiger partial charge is 0.370 e. The first kappa shape index (κ1) is 14.3. The summed E-state index contributed by atoms with van der Waals surface area (Å²) in [6.07, 6.45) is 3.54. The topological polar surface area (TPSA) is 57.3 Å². The summed E-state index contributed by atoms with van der Waals surface area (Å²) in [6.45, 7) is 7.06. The molecule has 0 spiro atoms. The molecule has 0 bridgehead atoms. The van der Waals surface area contributed by atoms with Gasteiger partial charge in [0.15, 0.2) is 0 Å². The van der Waals surface area contributed by atoms with E-state index < -0.39 is 0 Å². The van der Waals surface area contributed by atoms with Crippen molar-refractivity contribution in [3.63, 3.8) is 0 Å². The van der Waals surface area contributed by atoms with E-state index in [9.17, 15) is 4.79 Å². The summed E-state index contributed by atoms with van der Waals surface area (Å²) in [5, 5.41) is 6.40. The fraction of sp³-hybridized carbons (Fsp3) is 0.625. The Morgan fingerprint density at radius 1 is 1.38 bits per heavy atom. The number of hydrogen-bond donors (Lipinski definition) is 2. The SMILES string of the molecule is CCNc1cc(C(=O)NC2CCN3CCCC23)cc(C)n1. The van der Waals surface area contributed by atoms with Crippen molar-refractivity contribution in [1.82, 2.24) is 15.2 Å². The molecule has 5 heteroatoms. The molecule has 3 rings (SSSR count). The third kappa shape index (κ3) is 3.02. The molecule has 2 aliphatic rings. The molecule has 2 fully saturated rings. The number of pyridine rings is 1. The van der Waals surface area contributed by atoms with E-state index in [-0.39, 0.29) is 5.91 Å². The normalized spacial score (nSPS) is 24.9. The lowest BCUT2D eigenvalue weighted by atomic mass is 10.1. The average Bonchev–Trinajstić information content (AvgIpc) is 3.03. The van der Waals surface area contributed by atoms with Crippen LogP contribution in [0.3, 0.4) is 0 Å². The number of rotatable bonds is 4. The number of amides is 1. The van der Waals surface area contributed by atoms with E-state index in [1.165, 1.54) is 19.4 Å². The molecule has 1 aromatic heterocycles. The first-order chi connectivity index (χ1) is 10.2. The number of aromatic nitrogens is 1. The molecule has 0 aromatic carbocycles. The van der Waals surface area contributed by atoms with Gasteiger partial charge in [-0.25, -0.2) is 4.98 Å². The second kappa shape index (κ2) is 6.02. The van der Waals surface area contributed by atoms with Crippen molar-refractivity contribution < 1.29 is 4.79 Å². The summed E-state index contributed by atoms with van der Waals surface area (Å²) >= 11 is 0. The maximum Gasteiger partial charge on any atom is 0.251 e. The van der Waals surface area contributed by atoms with Crippen molar-refractivity contribution in [2.24, 2.45) is 0 Å². The summed E-state index contributed by atoms with van der Waals surface area (Å²) in [4.78, 5) is 19.4. The van der Waals surface area contributed by atoms with E-state index >= 15 is 0 Å². The first-order valence-corrected chi connectivity index (χ1v) is 7.95. The number of carbonyl (C=O) groups excluding carboxylic acids is 1. The maximum absolute atomic E-state index is 12.5. The third-order valence-electron chi connectivity index (χ3n) is 4.50. The quantitative estimate of drug-likeness (QED) is 0.887. The third-order valence-corrected chi connectivity index (χ3v) is 4.50. The van der Waals surface area contributed by atoms with Crippen molar-refractivity contribution in [3.8, 4) is 0 Å². The molecule has 1 aromatic rings. The summed E-state index contributed by atoms with van der Waals surface area (Å²) in [6, 6.07) is 4.55. The van der Waals surface area contributed by atoms with Gasteiger partial charge in [-0.3, -0.25) is 9.69 Å². The number of nitrogens with zero attached hydrogens (tertiary/aromatic N) is 2. The molecule has 0 saturated carbocycles. The second-order valence-corrected chi connectivity index (χ2v) is 6.03. The van der Waals surface area contributed by atoms with Crippen molar-refractivity contribution in [2.75, 3.05) is 25.0 Å². The van der Waals surface area contributed by atoms with Gasteiger partial charge in [0.2, 0.25) is 0 Å². The zero-order chi connectivity index (χ0) is 14.8. The minimum Gasteiger partial charge on any atom is -0.370 e. The number of nitrogens with one attached hydrogen (secondary N) is 2. The lowest BCUT2D eigenvalue weighted by Gasteiger charge is -2.21. The Labute approximate surface area is 126 Å². The van der Waals surface area contributed by atoms with Gasteiger partial charge in [-0.1, -0.05) is 0 Å². The predicted molar refractivity (Wildman–Crippen MR) is 83.6 cm³/mol. The highest BCUT2D eigenvalue weighted by atomic mass is 16.1. The first-order valence-electron chi connectivity index (χ1n) is 7.95. The van der Waals surface area contributed by atoms with Crippen LogP contribution in [0.25, 0.3) is 0 Å². The molecule has 5 nitrogen and oxygen atoms in total. The number of carbonyl (C=O) groups is 1. The van der Waals surface area contributed by atoms with E-state index in [1.54, 1.807) is 0 Å². The van der Waals surface area contributed by atoms with Gasteiger partial charge >= 0.3 is 0 Å². The summed E-state index contributed by atoms with van der Waals surface area (Å²) in [5.74, 6) is 0.801. The monoisotopic (exact) mass is 288 g/mol. The second-order valence-electron chi connectivity index (χ2n) is 6.03. The van der Waals surface area contributed by atoms with Gasteiger partial charge in [0.1, 0.15) is 5.82 Å². The molecular weight excluding hydrogens is 264 g/mol. The maximum atomic E-state index is 12.5. The van der Waals surface area contributed by atoms with Crippen molar-refractivity contribution in [3.05, 3.63) is 23.4 Å². The smallest absolute Gasteiger partial charge is 0.251 e. The minimum absolute atomic E-state index is 0.0263. The molecule has 1 amide bonds. The number of fused-ring (bicyclic) bond motifs is 1. The van der Waals surface area contributed by atoms with Crippen LogP contribution >= 0.6 is 0 Å². The summed E-state index contributed by atoms with van der Waals surface area (Å²) < 4.78 is 0. The van der Waals surface area contributed by atoms with Crippen LogP contribution < -0.4 is 10.6 Å². The van der Waals surface area contributed by atoms with Crippen LogP contribution in [0.4, 0.5) is 5.82 Å². The van der Waals surface area contributed by atoms with Gasteiger partial charge < -0.3 is 10.6 Å². The fourth-order valence-corrected chi connectivity index (χ4v) is 3.57. The molecule has 114 valence electrons. The van der Waals surface area contributed by atoms with Crippen LogP contribution in [0.2, 0.25) is 0 Å². The van der Waals surface area contributed by atoms with E-state index in [2.05, 4.69) is 20.5 Å². The molecule has 2 unspecified atom stereocenters. The van der Waals surface area contributed by atoms with Crippen molar-refractivity contribution in [1.29, 1.82) is 0 Å². The average molecular weight is 288 g/mol. The van der Waals surface area contributed by atoms with Crippen LogP contribution in [0, 0.1) is 6.92 Å². The van der Waals surface area contributed by atoms with E-state index in [0.29, 0.717) is 17.6 Å². The van der Waals surface area contributed by atoms with Crippen LogP contribution in [0.1, 0.15) is 42.2 Å². The van der Waals surface area contributed by atoms with Gasteiger partial charge in [-0.05, 0) is 51.8 Å². The Hall–Kier alpha value is -1.62. The van der Waals surface area contributed by atoms with E-state index in [4.69, 9.17) is 0 Å². The fourth-order valence-electron chi connectivity index (χ4n) is 3.57. The predicted octanol–water partition coefficient (Wildman–Crippen LogP) is 1.79. The molecular formula is C16H24N4O. The van der Waals surface area contributed by atoms with Crippen LogP contribution in [0.15, 0.2) is 12.1 Å². The Balaban J connectivity index is 1.70. The van der Waals surface area contributed by atoms with E-state index in [0.717, 1.165) is 31.0 Å². The molecule has 3 heterocycles. The van der Waals surface area contributed by atoms with Gasteiger partial charge in [0, 0.05) is 36.4 Å². The number of hydrogen-bond acceptors (Lipinski definition) is 4. The van der Waals surface area contributed by atoms with Crippen molar-refractivity contribution in [2.45, 2.75) is 45.2 Å². The lowest BCUT2D eigenvalue weighted by Crippen LogP contribution is -2.42. The van der Waals surface area contributed by atoms with E-state index in [1.807, 2.05) is 26.0 Å². The van der Waals surface area contributed by atoms with Crippen LogP contribution in [-0.2, 0) is 0 Å². The molecule has 0 aliphatic carbocycles. The highest BCUT2D eigenvalue weighted by Gasteiger charge is 2.37. The van der Waals surface area contributed by atoms with Crippen LogP contribution in [-0.4, -0.2) is 47.5 Å². The molecule has 2 aliphatic heterocycles. The van der Waals surface area contributed by atoms with Gasteiger partial charge in [-0.2, -0.15) is 0 Å². The zero-order valence-electron chi connectivity index (χ0n) is 12.9. The van der Waals surface area contributed by atoms with Gasteiger partial charge in [0.25, 0.3) is 5.91 Å². The minimum atomic E-state index is 0.0263.